The summed E-state index contributed by atoms with van der Waals surface area (Å²) in [5.74, 6) is 0. The summed E-state index contributed by atoms with van der Waals surface area (Å²) in [6.07, 6.45) is 4.02. The Hall–Kier alpha value is -2.48. The summed E-state index contributed by atoms with van der Waals surface area (Å²) in [6, 6.07) is 16.0. The maximum absolute atomic E-state index is 4.44. The molecular weight excluding hydrogens is 244 g/mol. The van der Waals surface area contributed by atoms with Crippen LogP contribution in [0.5, 0.6) is 0 Å². The molecule has 0 unspecified atom stereocenters. The molecule has 0 saturated heterocycles. The zero-order chi connectivity index (χ0) is 14.4. The standard InChI is InChI=1S/C18H18N2/c1-14(2)12-15-4-6-16(7-5-15)13-20-18-10-8-17(19-3)9-11-18/h4-13H,3H2,1-2H3/b20-13+. The zero-order valence-electron chi connectivity index (χ0n) is 11.9. The van der Waals surface area contributed by atoms with E-state index >= 15 is 0 Å². The third-order valence-electron chi connectivity index (χ3n) is 2.79. The molecule has 0 spiro atoms. The average Bonchev–Trinajstić information content (AvgIpc) is 2.46. The van der Waals surface area contributed by atoms with Crippen LogP contribution in [-0.4, -0.2) is 12.9 Å². The molecule has 2 aromatic carbocycles. The largest absolute Gasteiger partial charge is 0.265 e. The molecule has 0 heterocycles. The molecule has 0 aliphatic rings. The summed E-state index contributed by atoms with van der Waals surface area (Å²) >= 11 is 0. The van der Waals surface area contributed by atoms with E-state index in [4.69, 9.17) is 0 Å². The number of rotatable bonds is 4. The van der Waals surface area contributed by atoms with Crippen LogP contribution in [0.15, 0.2) is 64.1 Å². The van der Waals surface area contributed by atoms with E-state index in [-0.39, 0.29) is 0 Å². The van der Waals surface area contributed by atoms with Crippen molar-refractivity contribution in [2.75, 3.05) is 0 Å². The van der Waals surface area contributed by atoms with E-state index in [1.807, 2.05) is 30.5 Å². The molecule has 2 heteroatoms. The van der Waals surface area contributed by atoms with Gasteiger partial charge in [0.05, 0.1) is 11.4 Å². The molecule has 0 atom stereocenters. The van der Waals surface area contributed by atoms with E-state index in [9.17, 15) is 0 Å². The predicted octanol–water partition coefficient (Wildman–Crippen LogP) is 5.19. The molecule has 2 rings (SSSR count). The molecule has 0 aliphatic carbocycles. The lowest BCUT2D eigenvalue weighted by atomic mass is 10.1. The fourth-order valence-electron chi connectivity index (χ4n) is 1.80. The van der Waals surface area contributed by atoms with Gasteiger partial charge in [0.1, 0.15) is 0 Å². The van der Waals surface area contributed by atoms with Gasteiger partial charge >= 0.3 is 0 Å². The van der Waals surface area contributed by atoms with Crippen molar-refractivity contribution >= 4 is 30.4 Å². The summed E-state index contributed by atoms with van der Waals surface area (Å²) in [7, 11) is 0. The molecule has 0 radical (unpaired) electrons. The van der Waals surface area contributed by atoms with Gasteiger partial charge in [-0.3, -0.25) is 9.98 Å². The van der Waals surface area contributed by atoms with Crippen LogP contribution in [0.2, 0.25) is 0 Å². The molecule has 2 nitrogen and oxygen atoms in total. The van der Waals surface area contributed by atoms with Crippen LogP contribution in [0.3, 0.4) is 0 Å². The number of nitrogens with zero attached hydrogens (tertiary/aromatic N) is 2. The maximum Gasteiger partial charge on any atom is 0.0631 e. The van der Waals surface area contributed by atoms with Crippen LogP contribution in [-0.2, 0) is 0 Å². The van der Waals surface area contributed by atoms with Crippen molar-refractivity contribution in [3.8, 4) is 0 Å². The van der Waals surface area contributed by atoms with Crippen LogP contribution >= 0.6 is 0 Å². The second kappa shape index (κ2) is 6.62. The van der Waals surface area contributed by atoms with Crippen LogP contribution in [0.25, 0.3) is 6.08 Å². The number of benzene rings is 2. The van der Waals surface area contributed by atoms with Crippen LogP contribution in [0, 0.1) is 0 Å². The highest BCUT2D eigenvalue weighted by atomic mass is 14.7. The summed E-state index contributed by atoms with van der Waals surface area (Å²) in [4.78, 5) is 8.30. The van der Waals surface area contributed by atoms with Gasteiger partial charge in [-0.15, -0.1) is 0 Å². The van der Waals surface area contributed by atoms with Gasteiger partial charge in [0.25, 0.3) is 0 Å². The van der Waals surface area contributed by atoms with Crippen molar-refractivity contribution in [1.82, 2.24) is 0 Å². The maximum atomic E-state index is 4.44. The van der Waals surface area contributed by atoms with Crippen molar-refractivity contribution in [3.63, 3.8) is 0 Å². The zero-order valence-corrected chi connectivity index (χ0v) is 11.9. The summed E-state index contributed by atoms with van der Waals surface area (Å²) in [5, 5.41) is 0. The lowest BCUT2D eigenvalue weighted by Gasteiger charge is -1.98. The molecule has 0 N–H and O–H groups in total. The minimum absolute atomic E-state index is 0.857. The first kappa shape index (κ1) is 13.9. The second-order valence-corrected chi connectivity index (χ2v) is 4.82. The molecule has 20 heavy (non-hydrogen) atoms. The third-order valence-corrected chi connectivity index (χ3v) is 2.79. The number of hydrogen-bond donors (Lipinski definition) is 0. The normalized spacial score (nSPS) is 10.5. The van der Waals surface area contributed by atoms with Gasteiger partial charge in [-0.25, -0.2) is 0 Å². The van der Waals surface area contributed by atoms with E-state index in [0.29, 0.717) is 0 Å². The summed E-state index contributed by atoms with van der Waals surface area (Å²) < 4.78 is 0. The van der Waals surface area contributed by atoms with Gasteiger partial charge in [-0.1, -0.05) is 35.9 Å². The van der Waals surface area contributed by atoms with Gasteiger partial charge in [-0.05, 0) is 56.0 Å². The van der Waals surface area contributed by atoms with Crippen molar-refractivity contribution in [2.45, 2.75) is 13.8 Å². The fourth-order valence-corrected chi connectivity index (χ4v) is 1.80. The van der Waals surface area contributed by atoms with Gasteiger partial charge in [0, 0.05) is 6.21 Å². The smallest absolute Gasteiger partial charge is 0.0631 e. The highest BCUT2D eigenvalue weighted by molar-refractivity contribution is 5.82. The van der Waals surface area contributed by atoms with Gasteiger partial charge < -0.3 is 0 Å². The molecule has 0 saturated carbocycles. The lowest BCUT2D eigenvalue weighted by Crippen LogP contribution is -1.81. The Morgan fingerprint density at radius 2 is 1.40 bits per heavy atom. The second-order valence-electron chi connectivity index (χ2n) is 4.82. The molecule has 0 fully saturated rings. The number of allylic oxidation sites excluding steroid dienone is 1. The van der Waals surface area contributed by atoms with Crippen LogP contribution in [0.4, 0.5) is 11.4 Å². The topological polar surface area (TPSA) is 24.7 Å². The fraction of sp³-hybridized carbons (Fsp3) is 0.111. The first-order valence-electron chi connectivity index (χ1n) is 6.53. The van der Waals surface area contributed by atoms with Crippen molar-refractivity contribution in [1.29, 1.82) is 0 Å². The number of aliphatic imine (C=N–C) groups is 2. The first-order chi connectivity index (χ1) is 9.67. The van der Waals surface area contributed by atoms with Crippen molar-refractivity contribution in [2.24, 2.45) is 9.98 Å². The van der Waals surface area contributed by atoms with Crippen LogP contribution in [0.1, 0.15) is 25.0 Å². The monoisotopic (exact) mass is 262 g/mol. The molecule has 100 valence electrons. The van der Waals surface area contributed by atoms with E-state index in [2.05, 4.69) is 60.9 Å². The van der Waals surface area contributed by atoms with E-state index < -0.39 is 0 Å². The van der Waals surface area contributed by atoms with Crippen molar-refractivity contribution < 1.29 is 0 Å². The average molecular weight is 262 g/mol. The third kappa shape index (κ3) is 4.02. The Labute approximate surface area is 120 Å². The summed E-state index contributed by atoms with van der Waals surface area (Å²) in [5.41, 5.74) is 5.36. The van der Waals surface area contributed by atoms with Gasteiger partial charge in [-0.2, -0.15) is 0 Å². The Balaban J connectivity index is 2.10. The van der Waals surface area contributed by atoms with E-state index in [0.717, 1.165) is 16.9 Å². The Morgan fingerprint density at radius 3 is 1.95 bits per heavy atom. The number of hydrogen-bond acceptors (Lipinski definition) is 2. The summed E-state index contributed by atoms with van der Waals surface area (Å²) in [6.45, 7) is 7.68. The minimum atomic E-state index is 0.857. The Bertz CT molecular complexity index is 628. The van der Waals surface area contributed by atoms with Crippen molar-refractivity contribution in [3.05, 3.63) is 65.2 Å². The molecule has 2 aromatic rings. The highest BCUT2D eigenvalue weighted by Gasteiger charge is 1.92. The SMILES string of the molecule is C=Nc1ccc(/N=C/c2ccc(C=C(C)C)cc2)cc1. The molecular formula is C18H18N2. The molecule has 0 aliphatic heterocycles. The lowest BCUT2D eigenvalue weighted by molar-refractivity contribution is 1.42. The Morgan fingerprint density at radius 1 is 0.850 bits per heavy atom. The highest BCUT2D eigenvalue weighted by Crippen LogP contribution is 2.18. The Kier molecular flexibility index (Phi) is 4.61. The first-order valence-corrected chi connectivity index (χ1v) is 6.53. The van der Waals surface area contributed by atoms with Crippen LogP contribution < -0.4 is 0 Å². The quantitative estimate of drug-likeness (QED) is 0.677. The van der Waals surface area contributed by atoms with E-state index in [1.54, 1.807) is 0 Å². The predicted molar refractivity (Wildman–Crippen MR) is 88.7 cm³/mol. The van der Waals surface area contributed by atoms with Gasteiger partial charge in [0.2, 0.25) is 0 Å². The molecule has 0 amide bonds. The minimum Gasteiger partial charge on any atom is -0.265 e. The molecule has 0 bridgehead atoms. The van der Waals surface area contributed by atoms with Gasteiger partial charge in [0.15, 0.2) is 0 Å². The van der Waals surface area contributed by atoms with E-state index in [1.165, 1.54) is 11.1 Å². The molecule has 0 aromatic heterocycles.